The Morgan fingerprint density at radius 1 is 1.37 bits per heavy atom. The van der Waals surface area contributed by atoms with E-state index in [2.05, 4.69) is 53.9 Å². The molecule has 2 heterocycles. The van der Waals surface area contributed by atoms with Crippen molar-refractivity contribution in [2.75, 3.05) is 13.1 Å². The molecule has 1 aromatic heterocycles. The number of thiazole rings is 1. The van der Waals surface area contributed by atoms with Gasteiger partial charge in [0.1, 0.15) is 11.4 Å². The minimum absolute atomic E-state index is 0. The first kappa shape index (κ1) is 21.9. The molecule has 1 aliphatic heterocycles. The number of para-hydroxylation sites is 1. The summed E-state index contributed by atoms with van der Waals surface area (Å²) in [5.41, 5.74) is 2.10. The SMILES string of the molecule is CCNC(=NCCc1csc(C)n1)NC1CC(C)(C)Oc2ccccc21.I. The average molecular weight is 500 g/mol. The van der Waals surface area contributed by atoms with Crippen LogP contribution in [-0.2, 0) is 6.42 Å². The van der Waals surface area contributed by atoms with Gasteiger partial charge in [-0.1, -0.05) is 18.2 Å². The van der Waals surface area contributed by atoms with Crippen LogP contribution >= 0.6 is 35.3 Å². The van der Waals surface area contributed by atoms with Gasteiger partial charge in [-0.15, -0.1) is 35.3 Å². The topological polar surface area (TPSA) is 58.5 Å². The lowest BCUT2D eigenvalue weighted by atomic mass is 9.90. The Balaban J connectivity index is 0.00000261. The van der Waals surface area contributed by atoms with E-state index in [0.29, 0.717) is 6.54 Å². The summed E-state index contributed by atoms with van der Waals surface area (Å²) in [4.78, 5) is 9.26. The molecule has 27 heavy (non-hydrogen) atoms. The van der Waals surface area contributed by atoms with Crippen molar-refractivity contribution in [3.8, 4) is 5.75 Å². The molecule has 5 nitrogen and oxygen atoms in total. The van der Waals surface area contributed by atoms with Crippen LogP contribution in [0.3, 0.4) is 0 Å². The van der Waals surface area contributed by atoms with Crippen LogP contribution in [0.15, 0.2) is 34.6 Å². The molecule has 148 valence electrons. The van der Waals surface area contributed by atoms with Gasteiger partial charge >= 0.3 is 0 Å². The Morgan fingerprint density at radius 3 is 2.85 bits per heavy atom. The molecule has 3 rings (SSSR count). The minimum Gasteiger partial charge on any atom is -0.487 e. The lowest BCUT2D eigenvalue weighted by Gasteiger charge is -2.38. The molecule has 1 unspecified atom stereocenters. The maximum Gasteiger partial charge on any atom is 0.191 e. The standard InChI is InChI=1S/C20H28N4OS.HI/c1-5-21-19(22-11-10-15-13-26-14(2)23-15)24-17-12-20(3,4)25-18-9-7-6-8-16(17)18;/h6-9,13,17H,5,10-12H2,1-4H3,(H2,21,22,24);1H. The number of nitrogens with one attached hydrogen (secondary N) is 2. The van der Waals surface area contributed by atoms with Crippen LogP contribution in [0.1, 0.15) is 49.5 Å². The number of aliphatic imine (C=N–C) groups is 1. The number of rotatable bonds is 5. The van der Waals surface area contributed by atoms with Crippen molar-refractivity contribution in [2.24, 2.45) is 4.99 Å². The van der Waals surface area contributed by atoms with Gasteiger partial charge in [0, 0.05) is 36.9 Å². The third-order valence-electron chi connectivity index (χ3n) is 4.34. The highest BCUT2D eigenvalue weighted by Gasteiger charge is 2.33. The molecular weight excluding hydrogens is 471 g/mol. The summed E-state index contributed by atoms with van der Waals surface area (Å²) in [5.74, 6) is 1.80. The van der Waals surface area contributed by atoms with Crippen LogP contribution < -0.4 is 15.4 Å². The van der Waals surface area contributed by atoms with E-state index in [1.807, 2.05) is 19.1 Å². The van der Waals surface area contributed by atoms with Crippen LogP contribution in [0.4, 0.5) is 0 Å². The van der Waals surface area contributed by atoms with Crippen molar-refractivity contribution in [1.82, 2.24) is 15.6 Å². The lowest BCUT2D eigenvalue weighted by Crippen LogP contribution is -2.45. The Hall–Kier alpha value is -1.35. The fourth-order valence-corrected chi connectivity index (χ4v) is 3.87. The molecular formula is C20H29IN4OS. The van der Waals surface area contributed by atoms with Crippen LogP contribution in [-0.4, -0.2) is 29.6 Å². The summed E-state index contributed by atoms with van der Waals surface area (Å²) in [7, 11) is 0. The number of fused-ring (bicyclic) bond motifs is 1. The second-order valence-electron chi connectivity index (χ2n) is 7.17. The predicted molar refractivity (Wildman–Crippen MR) is 124 cm³/mol. The molecule has 0 radical (unpaired) electrons. The molecule has 2 N–H and O–H groups in total. The number of aromatic nitrogens is 1. The molecule has 0 bridgehead atoms. The molecule has 0 aliphatic carbocycles. The van der Waals surface area contributed by atoms with Gasteiger partial charge in [0.2, 0.25) is 0 Å². The number of halogens is 1. The van der Waals surface area contributed by atoms with Crippen LogP contribution in [0, 0.1) is 6.92 Å². The van der Waals surface area contributed by atoms with Crippen molar-refractivity contribution in [3.63, 3.8) is 0 Å². The number of aryl methyl sites for hydroxylation is 1. The zero-order chi connectivity index (χ0) is 18.6. The Labute approximate surface area is 183 Å². The summed E-state index contributed by atoms with van der Waals surface area (Å²) in [6, 6.07) is 8.42. The van der Waals surface area contributed by atoms with E-state index in [4.69, 9.17) is 9.73 Å². The number of nitrogens with zero attached hydrogens (tertiary/aromatic N) is 2. The summed E-state index contributed by atoms with van der Waals surface area (Å²) < 4.78 is 6.12. The second kappa shape index (κ2) is 9.73. The van der Waals surface area contributed by atoms with E-state index in [1.54, 1.807) is 11.3 Å². The monoisotopic (exact) mass is 500 g/mol. The van der Waals surface area contributed by atoms with Gasteiger partial charge in [0.25, 0.3) is 0 Å². The molecule has 0 spiro atoms. The summed E-state index contributed by atoms with van der Waals surface area (Å²) >= 11 is 1.69. The van der Waals surface area contributed by atoms with Crippen LogP contribution in [0.5, 0.6) is 5.75 Å². The second-order valence-corrected chi connectivity index (χ2v) is 8.23. The molecule has 2 aromatic rings. The highest BCUT2D eigenvalue weighted by molar-refractivity contribution is 14.0. The van der Waals surface area contributed by atoms with E-state index < -0.39 is 0 Å². The number of benzene rings is 1. The smallest absolute Gasteiger partial charge is 0.191 e. The number of hydrogen-bond acceptors (Lipinski definition) is 4. The molecule has 0 saturated heterocycles. The number of ether oxygens (including phenoxy) is 1. The predicted octanol–water partition coefficient (Wildman–Crippen LogP) is 4.47. The lowest BCUT2D eigenvalue weighted by molar-refractivity contribution is 0.0694. The Kier molecular flexibility index (Phi) is 7.91. The van der Waals surface area contributed by atoms with Gasteiger partial charge in [-0.3, -0.25) is 4.99 Å². The largest absolute Gasteiger partial charge is 0.487 e. The van der Waals surface area contributed by atoms with Gasteiger partial charge in [0.05, 0.1) is 16.7 Å². The van der Waals surface area contributed by atoms with E-state index in [9.17, 15) is 0 Å². The quantitative estimate of drug-likeness (QED) is 0.362. The maximum absolute atomic E-state index is 6.12. The van der Waals surface area contributed by atoms with Crippen LogP contribution in [0.2, 0.25) is 0 Å². The van der Waals surface area contributed by atoms with Gasteiger partial charge in [-0.2, -0.15) is 0 Å². The fourth-order valence-electron chi connectivity index (χ4n) is 3.22. The zero-order valence-corrected chi connectivity index (χ0v) is 19.6. The molecule has 0 fully saturated rings. The van der Waals surface area contributed by atoms with E-state index in [-0.39, 0.29) is 35.6 Å². The first-order valence-corrected chi connectivity index (χ1v) is 10.1. The first-order valence-electron chi connectivity index (χ1n) is 9.20. The van der Waals surface area contributed by atoms with Crippen molar-refractivity contribution in [3.05, 3.63) is 45.9 Å². The van der Waals surface area contributed by atoms with E-state index >= 15 is 0 Å². The maximum atomic E-state index is 6.12. The van der Waals surface area contributed by atoms with E-state index in [0.717, 1.165) is 41.8 Å². The third-order valence-corrected chi connectivity index (χ3v) is 5.16. The van der Waals surface area contributed by atoms with Gasteiger partial charge < -0.3 is 15.4 Å². The normalized spacial score (nSPS) is 18.1. The van der Waals surface area contributed by atoms with Crippen molar-refractivity contribution >= 4 is 41.3 Å². The summed E-state index contributed by atoms with van der Waals surface area (Å²) in [6.45, 7) is 9.93. The third kappa shape index (κ3) is 6.07. The van der Waals surface area contributed by atoms with Crippen molar-refractivity contribution < 1.29 is 4.74 Å². The summed E-state index contributed by atoms with van der Waals surface area (Å²) in [6.07, 6.45) is 1.75. The summed E-state index contributed by atoms with van der Waals surface area (Å²) in [5, 5.41) is 10.2. The molecule has 1 aliphatic rings. The number of guanidine groups is 1. The zero-order valence-electron chi connectivity index (χ0n) is 16.4. The Bertz CT molecular complexity index is 775. The highest BCUT2D eigenvalue weighted by atomic mass is 127. The highest BCUT2D eigenvalue weighted by Crippen LogP contribution is 2.39. The van der Waals surface area contributed by atoms with Crippen molar-refractivity contribution in [2.45, 2.75) is 52.2 Å². The van der Waals surface area contributed by atoms with Gasteiger partial charge in [0.15, 0.2) is 5.96 Å². The molecule has 7 heteroatoms. The first-order chi connectivity index (χ1) is 12.5. The van der Waals surface area contributed by atoms with E-state index in [1.165, 1.54) is 5.56 Å². The molecule has 0 saturated carbocycles. The fraction of sp³-hybridized carbons (Fsp3) is 0.500. The molecule has 1 aromatic carbocycles. The van der Waals surface area contributed by atoms with Crippen molar-refractivity contribution in [1.29, 1.82) is 0 Å². The minimum atomic E-state index is -0.207. The van der Waals surface area contributed by atoms with Gasteiger partial charge in [-0.25, -0.2) is 4.98 Å². The average Bonchev–Trinajstić information content (AvgIpc) is 2.99. The number of hydrogen-bond donors (Lipinski definition) is 2. The molecule has 0 amide bonds. The van der Waals surface area contributed by atoms with Gasteiger partial charge in [-0.05, 0) is 33.8 Å². The molecule has 1 atom stereocenters. The van der Waals surface area contributed by atoms with Crippen LogP contribution in [0.25, 0.3) is 0 Å². The Morgan fingerprint density at radius 2 is 2.15 bits per heavy atom.